The van der Waals surface area contributed by atoms with Crippen LogP contribution >= 0.6 is 11.8 Å². The highest BCUT2D eigenvalue weighted by atomic mass is 32.2. The maximum atomic E-state index is 13.1. The zero-order valence-electron chi connectivity index (χ0n) is 12.0. The van der Waals surface area contributed by atoms with Crippen molar-refractivity contribution in [1.82, 2.24) is 10.1 Å². The lowest BCUT2D eigenvalue weighted by Gasteiger charge is -2.20. The third-order valence-electron chi connectivity index (χ3n) is 4.01. The Hall–Kier alpha value is -1.40. The highest BCUT2D eigenvalue weighted by molar-refractivity contribution is 7.99. The van der Waals surface area contributed by atoms with Crippen LogP contribution in [0.3, 0.4) is 0 Å². The number of halogens is 1. The number of hydrogen-bond donors (Lipinski definition) is 1. The van der Waals surface area contributed by atoms with Gasteiger partial charge < -0.3 is 10.3 Å². The fourth-order valence-corrected chi connectivity index (χ4v) is 3.74. The monoisotopic (exact) mass is 307 g/mol. The standard InChI is InChI=1S/C15H18FN3OS/c1-15(2,9-3-5-10(16)6-4-9)14-18-13(20-19-14)11-7-21-8-12(11)17/h3-6,11-12H,7-8,17H2,1-2H3. The third-order valence-corrected chi connectivity index (χ3v) is 5.22. The van der Waals surface area contributed by atoms with E-state index in [1.807, 2.05) is 13.8 Å². The van der Waals surface area contributed by atoms with E-state index in [4.69, 9.17) is 10.3 Å². The van der Waals surface area contributed by atoms with Crippen LogP contribution in [0.15, 0.2) is 28.8 Å². The summed E-state index contributed by atoms with van der Waals surface area (Å²) >= 11 is 1.81. The lowest BCUT2D eigenvalue weighted by atomic mass is 9.84. The first-order valence-electron chi connectivity index (χ1n) is 6.92. The molecule has 0 saturated carbocycles. The first-order chi connectivity index (χ1) is 9.98. The second-order valence-corrected chi connectivity index (χ2v) is 6.97. The summed E-state index contributed by atoms with van der Waals surface area (Å²) in [5.74, 6) is 2.92. The molecule has 2 heterocycles. The first kappa shape index (κ1) is 14.5. The summed E-state index contributed by atoms with van der Waals surface area (Å²) in [5, 5.41) is 4.12. The molecule has 112 valence electrons. The molecule has 0 bridgehead atoms. The molecule has 2 unspecified atom stereocenters. The van der Waals surface area contributed by atoms with Crippen molar-refractivity contribution in [2.45, 2.75) is 31.2 Å². The van der Waals surface area contributed by atoms with Gasteiger partial charge in [-0.2, -0.15) is 16.7 Å². The van der Waals surface area contributed by atoms with Gasteiger partial charge in [0.25, 0.3) is 0 Å². The van der Waals surface area contributed by atoms with Crippen LogP contribution in [0.5, 0.6) is 0 Å². The van der Waals surface area contributed by atoms with Crippen LogP contribution in [0.4, 0.5) is 4.39 Å². The van der Waals surface area contributed by atoms with Gasteiger partial charge in [0, 0.05) is 17.5 Å². The van der Waals surface area contributed by atoms with Crippen molar-refractivity contribution in [1.29, 1.82) is 0 Å². The van der Waals surface area contributed by atoms with E-state index in [0.29, 0.717) is 11.7 Å². The zero-order valence-corrected chi connectivity index (χ0v) is 12.9. The Morgan fingerprint density at radius 1 is 1.29 bits per heavy atom. The lowest BCUT2D eigenvalue weighted by molar-refractivity contribution is 0.343. The zero-order chi connectivity index (χ0) is 15.0. The molecule has 1 aromatic carbocycles. The minimum Gasteiger partial charge on any atom is -0.339 e. The highest BCUT2D eigenvalue weighted by Crippen LogP contribution is 2.34. The number of nitrogens with zero attached hydrogens (tertiary/aromatic N) is 2. The van der Waals surface area contributed by atoms with Crippen LogP contribution in [-0.4, -0.2) is 27.7 Å². The van der Waals surface area contributed by atoms with Gasteiger partial charge in [-0.05, 0) is 31.5 Å². The average Bonchev–Trinajstić information content (AvgIpc) is 3.07. The predicted molar refractivity (Wildman–Crippen MR) is 80.9 cm³/mol. The Bertz CT molecular complexity index is 626. The van der Waals surface area contributed by atoms with Crippen LogP contribution in [0.25, 0.3) is 0 Å². The second-order valence-electron chi connectivity index (χ2n) is 5.90. The molecule has 1 aliphatic heterocycles. The maximum Gasteiger partial charge on any atom is 0.232 e. The molecular formula is C15H18FN3OS. The van der Waals surface area contributed by atoms with Crippen molar-refractivity contribution in [3.05, 3.63) is 47.4 Å². The fraction of sp³-hybridized carbons (Fsp3) is 0.467. The SMILES string of the molecule is CC(C)(c1ccc(F)cc1)c1noc(C2CSCC2N)n1. The summed E-state index contributed by atoms with van der Waals surface area (Å²) in [6.07, 6.45) is 0. The molecule has 1 aliphatic rings. The van der Waals surface area contributed by atoms with E-state index in [1.165, 1.54) is 12.1 Å². The van der Waals surface area contributed by atoms with Gasteiger partial charge in [-0.3, -0.25) is 0 Å². The summed E-state index contributed by atoms with van der Waals surface area (Å²) in [5.41, 5.74) is 6.57. The van der Waals surface area contributed by atoms with Gasteiger partial charge in [-0.1, -0.05) is 17.3 Å². The molecule has 1 fully saturated rings. The van der Waals surface area contributed by atoms with Gasteiger partial charge in [0.15, 0.2) is 5.82 Å². The van der Waals surface area contributed by atoms with Gasteiger partial charge in [0.05, 0.1) is 11.3 Å². The average molecular weight is 307 g/mol. The lowest BCUT2D eigenvalue weighted by Crippen LogP contribution is -2.27. The molecule has 2 aromatic rings. The minimum atomic E-state index is -0.439. The van der Waals surface area contributed by atoms with Gasteiger partial charge >= 0.3 is 0 Å². The summed E-state index contributed by atoms with van der Waals surface area (Å²) in [7, 11) is 0. The van der Waals surface area contributed by atoms with Crippen LogP contribution in [-0.2, 0) is 5.41 Å². The molecule has 3 rings (SSSR count). The normalized spacial score (nSPS) is 22.7. The van der Waals surface area contributed by atoms with Crippen LogP contribution in [0.2, 0.25) is 0 Å². The Labute approximate surface area is 127 Å². The molecule has 0 amide bonds. The number of thioether (sulfide) groups is 1. The molecular weight excluding hydrogens is 289 g/mol. The molecule has 4 nitrogen and oxygen atoms in total. The van der Waals surface area contributed by atoms with Gasteiger partial charge in [0.1, 0.15) is 5.82 Å². The van der Waals surface area contributed by atoms with Crippen molar-refractivity contribution in [2.75, 3.05) is 11.5 Å². The topological polar surface area (TPSA) is 64.9 Å². The third kappa shape index (κ3) is 2.70. The number of hydrogen-bond acceptors (Lipinski definition) is 5. The molecule has 2 atom stereocenters. The number of rotatable bonds is 3. The quantitative estimate of drug-likeness (QED) is 0.944. The van der Waals surface area contributed by atoms with E-state index >= 15 is 0 Å². The van der Waals surface area contributed by atoms with Gasteiger partial charge in [-0.25, -0.2) is 4.39 Å². The Kier molecular flexibility index (Phi) is 3.75. The first-order valence-corrected chi connectivity index (χ1v) is 8.07. The Morgan fingerprint density at radius 2 is 2.00 bits per heavy atom. The van der Waals surface area contributed by atoms with E-state index in [1.54, 1.807) is 23.9 Å². The molecule has 1 saturated heterocycles. The van der Waals surface area contributed by atoms with E-state index in [9.17, 15) is 4.39 Å². The van der Waals surface area contributed by atoms with E-state index in [2.05, 4.69) is 10.1 Å². The van der Waals surface area contributed by atoms with Crippen molar-refractivity contribution >= 4 is 11.8 Å². The van der Waals surface area contributed by atoms with E-state index in [0.717, 1.165) is 17.1 Å². The van der Waals surface area contributed by atoms with Crippen LogP contribution in [0, 0.1) is 5.82 Å². The summed E-state index contributed by atoms with van der Waals surface area (Å²) < 4.78 is 18.5. The maximum absolute atomic E-state index is 13.1. The molecule has 1 aromatic heterocycles. The van der Waals surface area contributed by atoms with E-state index < -0.39 is 5.41 Å². The van der Waals surface area contributed by atoms with Crippen LogP contribution in [0.1, 0.15) is 37.0 Å². The second kappa shape index (κ2) is 5.42. The largest absolute Gasteiger partial charge is 0.339 e. The summed E-state index contributed by atoms with van der Waals surface area (Å²) in [4.78, 5) is 4.55. The highest BCUT2D eigenvalue weighted by Gasteiger charge is 2.34. The van der Waals surface area contributed by atoms with E-state index in [-0.39, 0.29) is 17.8 Å². The number of nitrogens with two attached hydrogens (primary N) is 1. The van der Waals surface area contributed by atoms with Gasteiger partial charge in [0.2, 0.25) is 5.89 Å². The molecule has 0 spiro atoms. The van der Waals surface area contributed by atoms with Crippen molar-refractivity contribution in [3.8, 4) is 0 Å². The van der Waals surface area contributed by atoms with Gasteiger partial charge in [-0.15, -0.1) is 0 Å². The number of aromatic nitrogens is 2. The Morgan fingerprint density at radius 3 is 2.62 bits per heavy atom. The molecule has 6 heteroatoms. The van der Waals surface area contributed by atoms with Crippen molar-refractivity contribution in [2.24, 2.45) is 5.73 Å². The van der Waals surface area contributed by atoms with Crippen molar-refractivity contribution in [3.63, 3.8) is 0 Å². The molecule has 21 heavy (non-hydrogen) atoms. The smallest absolute Gasteiger partial charge is 0.232 e. The van der Waals surface area contributed by atoms with Crippen LogP contribution < -0.4 is 5.73 Å². The molecule has 0 radical (unpaired) electrons. The summed E-state index contributed by atoms with van der Waals surface area (Å²) in [6.45, 7) is 4.00. The molecule has 2 N–H and O–H groups in total. The summed E-state index contributed by atoms with van der Waals surface area (Å²) in [6, 6.07) is 6.46. The number of benzene rings is 1. The minimum absolute atomic E-state index is 0.0669. The van der Waals surface area contributed by atoms with Crippen molar-refractivity contribution < 1.29 is 8.91 Å². The Balaban J connectivity index is 1.89. The molecule has 0 aliphatic carbocycles. The predicted octanol–water partition coefficient (Wildman–Crippen LogP) is 2.69. The fourth-order valence-electron chi connectivity index (χ4n) is 2.46.